The Kier molecular flexibility index (Phi) is 34.4. The molecular formula is C102H144N13O19S2+. The van der Waals surface area contributed by atoms with Gasteiger partial charge in [0.1, 0.15) is 13.1 Å². The minimum absolute atomic E-state index is 0.0130. The highest BCUT2D eigenvalue weighted by Gasteiger charge is 2.66. The molecule has 10 heterocycles. The Bertz CT molecular complexity index is 5230. The van der Waals surface area contributed by atoms with Crippen molar-refractivity contribution < 1.29 is 91.0 Å². The zero-order valence-electron chi connectivity index (χ0n) is 81.8. The molecule has 21 atom stereocenters. The summed E-state index contributed by atoms with van der Waals surface area (Å²) in [6, 6.07) is 22.2. The number of para-hydroxylation sites is 2. The molecule has 3 aromatic carbocycles. The average Bonchev–Trinajstić information content (AvgIpc) is 1.56. The van der Waals surface area contributed by atoms with Gasteiger partial charge in [-0.25, -0.2) is 9.97 Å². The lowest BCUT2D eigenvalue weighted by molar-refractivity contribution is -0.401. The number of nitrogen functional groups attached to an aromatic ring is 1. The van der Waals surface area contributed by atoms with Crippen LogP contribution in [0.3, 0.4) is 0 Å². The molecule has 5 amide bonds. The number of carbonyl (C=O) groups excluding carboxylic acids is 7. The summed E-state index contributed by atoms with van der Waals surface area (Å²) in [5.74, 6) is -4.71. The molecule has 0 bridgehead atoms. The number of hydrogen-bond acceptors (Lipinski definition) is 27. The predicted octanol–water partition coefficient (Wildman–Crippen LogP) is 12.5. The number of rotatable bonds is 43. The maximum atomic E-state index is 14.4. The molecule has 6 fully saturated rings. The Morgan fingerprint density at radius 1 is 0.735 bits per heavy atom. The van der Waals surface area contributed by atoms with Crippen molar-refractivity contribution in [2.24, 2.45) is 40.9 Å². The van der Waals surface area contributed by atoms with Crippen LogP contribution in [0, 0.1) is 40.9 Å². The Hall–Kier alpha value is -9.20. The summed E-state index contributed by atoms with van der Waals surface area (Å²) in [7, 11) is 6.58. The molecule has 6 saturated heterocycles. The minimum Gasteiger partial charge on any atom is -0.444 e. The first-order valence-corrected chi connectivity index (χ1v) is 51.0. The zero-order chi connectivity index (χ0) is 97.8. The number of carbonyl (C=O) groups is 7. The highest BCUT2D eigenvalue weighted by molar-refractivity contribution is 8.76. The molecule has 13 rings (SSSR count). The van der Waals surface area contributed by atoms with Crippen molar-refractivity contribution in [3.8, 4) is 0 Å². The van der Waals surface area contributed by atoms with E-state index in [9.17, 15) is 48.6 Å². The summed E-state index contributed by atoms with van der Waals surface area (Å²) in [6.45, 7) is 31.2. The summed E-state index contributed by atoms with van der Waals surface area (Å²) in [5, 5.41) is 39.2. The normalized spacial score (nSPS) is 30.0. The van der Waals surface area contributed by atoms with Crippen molar-refractivity contribution in [3.63, 3.8) is 0 Å². The molecule has 5 aromatic rings. The Morgan fingerprint density at radius 2 is 1.48 bits per heavy atom. The monoisotopic (exact) mass is 1920 g/mol. The SMILES string of the molecule is CO[C@@H]1C[C@@H](C[C@H]2CC[C@H](C)C([C@@H](C)C(=O)NCCSSC[C@H](NC(=O)C(CCCNC(=O)CCCCCN3C(=CC=CC=CC4=[N+](C)c5ccccc5C4(C)C)C(C)(C)c4ccccc43)NC(=O)CC[C@H](NC(=O)c3ccc(NCc4cnc5nc(N)[nH]c(=O)c5n4)cc3)OC=O)OC=O)O2)O[C@]2(O[C@@](C)(C3CC[C@@](C)([C@@H]4O[C@@H]([C@@H]5O[C@@](O)(CO)C(C)(C)C[C@@H]5C)C[C@@H]4C)O3)C[C@H]2C)[C@@H]1C. The molecule has 2 aromatic heterocycles. The number of benzene rings is 3. The standard InChI is InChI=1S/C102H143N13O19S2/c1-61-36-41-70(51-71-52-77(126-16)66(6)102(131-71)64(4)54-100(14,134-102)81-44-45-99(13,132-81)89-62(2)50-78(130-89)88-63(3)53-96(7,8)101(125,58-116)133-88)129-87(61)65(5)91(121)105-47-49-135-136-57-85(128-60-118)111-93(123)74(109-83(120)42-43-84(127-59-117)110-92(122)67-37-39-68(40-38-67)106-55-69-56-107-90-86(108-69)94(124)113-95(103)112-90)30-27-46-104-82(119)35-21-18-26-48-115-76-32-25-23-29-73(76)98(11,12)80(115)34-20-17-19-33-79-97(9,10)72-28-22-24-31-75(72)114(79)15/h17,19-20,22-25,28-29,31-34,37-40,56,59-66,70-71,74,77-78,81,84-85,87-89,116,125H,18,21,26-27,30,35-36,41-55,57-58H2,1-16H3,(H8-,103,104,105,106,107,109,110,111,112,113,119,120,121,122,123,124)/p+1/t61-,62-,63-,64+,65+,66+,70+,71+,74?,77+,78+,81?,84+,85+,87?,88+,89+,99-,100+,101-,102+/m0/s1. The molecule has 11 N–H and O–H groups in total. The average molecular weight is 1920 g/mol. The van der Waals surface area contributed by atoms with Crippen molar-refractivity contribution >= 4 is 104 Å². The fourth-order valence-electron chi connectivity index (χ4n) is 22.2. The third kappa shape index (κ3) is 23.7. The minimum atomic E-state index is -1.67. The number of hydrogen-bond donors (Lipinski definition) is 10. The number of nitrogens with zero attached hydrogens (tertiary/aromatic N) is 5. The van der Waals surface area contributed by atoms with Gasteiger partial charge in [0, 0.05) is 128 Å². The van der Waals surface area contributed by atoms with Crippen LogP contribution in [0.25, 0.3) is 11.2 Å². The van der Waals surface area contributed by atoms with Crippen molar-refractivity contribution in [2.45, 2.75) is 314 Å². The van der Waals surface area contributed by atoms with E-state index in [2.05, 4.69) is 223 Å². The van der Waals surface area contributed by atoms with Crippen LogP contribution in [0.15, 0.2) is 120 Å². The van der Waals surface area contributed by atoms with Gasteiger partial charge in [0.25, 0.3) is 24.4 Å². The number of H-pyrrole nitrogens is 1. The van der Waals surface area contributed by atoms with Gasteiger partial charge in [0.2, 0.25) is 35.3 Å². The molecule has 3 unspecified atom stereocenters. The van der Waals surface area contributed by atoms with Crippen LogP contribution in [0.4, 0.5) is 23.0 Å². The van der Waals surface area contributed by atoms with Gasteiger partial charge in [-0.3, -0.25) is 43.3 Å². The predicted molar refractivity (Wildman–Crippen MR) is 523 cm³/mol. The van der Waals surface area contributed by atoms with Gasteiger partial charge in [-0.2, -0.15) is 9.56 Å². The summed E-state index contributed by atoms with van der Waals surface area (Å²) >= 11 is 0. The quantitative estimate of drug-likeness (QED) is 0.00433. The molecule has 0 saturated carbocycles. The number of methoxy groups -OCH3 is 1. The van der Waals surface area contributed by atoms with Crippen LogP contribution < -0.4 is 48.1 Å². The molecule has 34 heteroatoms. The van der Waals surface area contributed by atoms with Gasteiger partial charge in [0.15, 0.2) is 40.9 Å². The number of anilines is 3. The first-order chi connectivity index (χ1) is 64.8. The van der Waals surface area contributed by atoms with Crippen molar-refractivity contribution in [3.05, 3.63) is 148 Å². The largest absolute Gasteiger partial charge is 0.444 e. The Labute approximate surface area is 807 Å². The number of aliphatic hydroxyl groups is 2. The van der Waals surface area contributed by atoms with E-state index < -0.39 is 82.5 Å². The molecule has 0 radical (unpaired) electrons. The van der Waals surface area contributed by atoms with Gasteiger partial charge in [-0.15, -0.1) is 0 Å². The summed E-state index contributed by atoms with van der Waals surface area (Å²) in [4.78, 5) is 123. The fraction of sp³-hybridized carbons (Fsp3) is 0.627. The van der Waals surface area contributed by atoms with Gasteiger partial charge >= 0.3 is 0 Å². The van der Waals surface area contributed by atoms with Gasteiger partial charge in [0.05, 0.1) is 102 Å². The van der Waals surface area contributed by atoms with E-state index in [-0.39, 0.29) is 188 Å². The fourth-order valence-corrected chi connectivity index (χ4v) is 24.2. The summed E-state index contributed by atoms with van der Waals surface area (Å²) in [5.41, 5.74) is 11.5. The van der Waals surface area contributed by atoms with Gasteiger partial charge in [-0.1, -0.05) is 152 Å². The lowest BCUT2D eigenvalue weighted by Crippen LogP contribution is -2.60. The van der Waals surface area contributed by atoms with E-state index in [1.54, 1.807) is 19.2 Å². The molecule has 32 nitrogen and oxygen atoms in total. The van der Waals surface area contributed by atoms with Crippen LogP contribution in [0.1, 0.15) is 233 Å². The third-order valence-corrected chi connectivity index (χ3v) is 32.2. The van der Waals surface area contributed by atoms with Crippen LogP contribution >= 0.6 is 21.6 Å². The van der Waals surface area contributed by atoms with E-state index in [0.717, 1.165) is 51.5 Å². The Balaban J connectivity index is 0.573. The summed E-state index contributed by atoms with van der Waals surface area (Å²) in [6.07, 6.45) is 16.5. The maximum Gasteiger partial charge on any atom is 0.295 e. The molecule has 1 spiro atoms. The molecule has 8 aliphatic heterocycles. The lowest BCUT2D eigenvalue weighted by Gasteiger charge is -2.51. The smallest absolute Gasteiger partial charge is 0.295 e. The van der Waals surface area contributed by atoms with Crippen LogP contribution in [-0.2, 0) is 88.8 Å². The van der Waals surface area contributed by atoms with Crippen molar-refractivity contribution in [1.29, 1.82) is 0 Å². The number of unbranched alkanes of at least 4 members (excludes halogenated alkanes) is 2. The third-order valence-electron chi connectivity index (χ3n) is 29.8. The lowest BCUT2D eigenvalue weighted by atomic mass is 9.71. The number of amides is 5. The highest BCUT2D eigenvalue weighted by atomic mass is 33.1. The van der Waals surface area contributed by atoms with Crippen molar-refractivity contribution in [1.82, 2.24) is 46.5 Å². The number of nitrogens with one attached hydrogen (secondary N) is 7. The number of nitrogens with two attached hydrogens (primary N) is 1. The zero-order valence-corrected chi connectivity index (χ0v) is 83.4. The topological polar surface area (TPSA) is 419 Å². The highest BCUT2D eigenvalue weighted by Crippen LogP contribution is 2.58. The first-order valence-electron chi connectivity index (χ1n) is 48.5. The van der Waals surface area contributed by atoms with Crippen molar-refractivity contribution in [2.75, 3.05) is 67.9 Å². The Morgan fingerprint density at radius 3 is 2.22 bits per heavy atom. The second-order valence-corrected chi connectivity index (χ2v) is 43.4. The molecule has 0 aliphatic carbocycles. The van der Waals surface area contributed by atoms with Gasteiger partial charge < -0.3 is 95.4 Å². The van der Waals surface area contributed by atoms with E-state index in [1.807, 2.05) is 20.8 Å². The van der Waals surface area contributed by atoms with E-state index >= 15 is 0 Å². The van der Waals surface area contributed by atoms with Crippen LogP contribution in [0.2, 0.25) is 0 Å². The van der Waals surface area contributed by atoms with E-state index in [1.165, 1.54) is 73.8 Å². The molecule has 8 aliphatic rings. The maximum absolute atomic E-state index is 14.4. The molecule has 742 valence electrons. The summed E-state index contributed by atoms with van der Waals surface area (Å²) < 4.78 is 61.4. The second-order valence-electron chi connectivity index (χ2n) is 40.8. The number of aromatic nitrogens is 4. The first kappa shape index (κ1) is 104. The second kappa shape index (κ2) is 44.9. The number of ether oxygens (including phenoxy) is 9. The molecule has 136 heavy (non-hydrogen) atoms. The number of aliphatic hydroxyl groups excluding tert-OH is 1. The van der Waals surface area contributed by atoms with Crippen LogP contribution in [-0.4, -0.2) is 225 Å². The van der Waals surface area contributed by atoms with E-state index in [4.69, 9.17) is 48.4 Å². The molecular weight excluding hydrogens is 1780 g/mol. The number of fused-ring (bicyclic) bond motifs is 3. The van der Waals surface area contributed by atoms with Crippen LogP contribution in [0.5, 0.6) is 0 Å². The number of allylic oxidation sites excluding steroid dienone is 6. The van der Waals surface area contributed by atoms with Gasteiger partial charge in [-0.05, 0) is 158 Å². The number of aromatic amines is 1. The van der Waals surface area contributed by atoms with E-state index in [0.29, 0.717) is 55.8 Å².